The molecule has 1 atom stereocenters. The van der Waals surface area contributed by atoms with Crippen LogP contribution in [0.5, 0.6) is 0 Å². The number of aliphatic carboxylic acids is 1. The van der Waals surface area contributed by atoms with Gasteiger partial charge in [-0.2, -0.15) is 0 Å². The van der Waals surface area contributed by atoms with Crippen LogP contribution in [0.3, 0.4) is 0 Å². The average Bonchev–Trinajstić information content (AvgIpc) is 2.25. The number of halogens is 2. The molecule has 17 heavy (non-hydrogen) atoms. The summed E-state index contributed by atoms with van der Waals surface area (Å²) in [6.45, 7) is 1.64. The number of carbonyl (C=O) groups is 1. The molecule has 0 bridgehead atoms. The van der Waals surface area contributed by atoms with E-state index in [2.05, 4.69) is 5.32 Å². The summed E-state index contributed by atoms with van der Waals surface area (Å²) in [4.78, 5) is 10.5. The van der Waals surface area contributed by atoms with Crippen LogP contribution < -0.4 is 5.32 Å². The van der Waals surface area contributed by atoms with E-state index >= 15 is 0 Å². The maximum Gasteiger partial charge on any atom is 0.303 e. The maximum atomic E-state index is 13.5. The zero-order valence-corrected chi connectivity index (χ0v) is 10.5. The summed E-state index contributed by atoms with van der Waals surface area (Å²) in [6, 6.07) is 2.66. The predicted octanol–water partition coefficient (Wildman–Crippen LogP) is 2.91. The minimum absolute atomic E-state index is 0.0112. The lowest BCUT2D eigenvalue weighted by molar-refractivity contribution is -0.137. The lowest BCUT2D eigenvalue weighted by Gasteiger charge is -2.17. The van der Waals surface area contributed by atoms with Crippen molar-refractivity contribution in [3.05, 3.63) is 34.1 Å². The molecule has 0 amide bonds. The lowest BCUT2D eigenvalue weighted by Crippen LogP contribution is -2.18. The molecule has 1 rings (SSSR count). The van der Waals surface area contributed by atoms with Gasteiger partial charge in [0.1, 0.15) is 5.82 Å². The van der Waals surface area contributed by atoms with Gasteiger partial charge in [-0.25, -0.2) is 4.39 Å². The summed E-state index contributed by atoms with van der Waals surface area (Å²) in [5, 5.41) is 12.0. The Labute approximate surface area is 105 Å². The van der Waals surface area contributed by atoms with Gasteiger partial charge in [0.25, 0.3) is 0 Å². The molecule has 0 radical (unpaired) electrons. The van der Waals surface area contributed by atoms with Crippen molar-refractivity contribution in [1.29, 1.82) is 0 Å². The molecule has 0 spiro atoms. The molecule has 1 aromatic rings. The zero-order chi connectivity index (χ0) is 13.0. The summed E-state index contributed by atoms with van der Waals surface area (Å²) in [5.41, 5.74) is 1.07. The normalized spacial score (nSPS) is 12.5. The number of carboxylic acid groups (broad SMARTS) is 1. The van der Waals surface area contributed by atoms with Crippen LogP contribution in [0.15, 0.2) is 12.1 Å². The highest BCUT2D eigenvalue weighted by atomic mass is 35.5. The molecule has 0 heterocycles. The summed E-state index contributed by atoms with van der Waals surface area (Å²) < 4.78 is 13.5. The van der Waals surface area contributed by atoms with Gasteiger partial charge in [0.2, 0.25) is 0 Å². The van der Waals surface area contributed by atoms with E-state index in [9.17, 15) is 9.18 Å². The number of carboxylic acids is 1. The van der Waals surface area contributed by atoms with Gasteiger partial charge in [0.15, 0.2) is 0 Å². The van der Waals surface area contributed by atoms with Gasteiger partial charge in [-0.05, 0) is 43.7 Å². The number of hydrogen-bond acceptors (Lipinski definition) is 2. The second-order valence-corrected chi connectivity index (χ2v) is 4.30. The second-order valence-electron chi connectivity index (χ2n) is 3.90. The molecule has 0 saturated heterocycles. The van der Waals surface area contributed by atoms with E-state index in [4.69, 9.17) is 16.7 Å². The summed E-state index contributed by atoms with van der Waals surface area (Å²) in [6.07, 6.45) is 0.380. The van der Waals surface area contributed by atoms with Crippen LogP contribution >= 0.6 is 11.6 Å². The minimum atomic E-state index is -0.881. The Balaban J connectivity index is 2.95. The summed E-state index contributed by atoms with van der Waals surface area (Å²) >= 11 is 6.04. The molecule has 1 unspecified atom stereocenters. The van der Waals surface area contributed by atoms with Crippen molar-refractivity contribution < 1.29 is 14.3 Å². The molecular weight excluding hydrogens is 245 g/mol. The quantitative estimate of drug-likeness (QED) is 0.855. The Kier molecular flexibility index (Phi) is 4.90. The summed E-state index contributed by atoms with van der Waals surface area (Å²) in [5.74, 6) is -1.21. The van der Waals surface area contributed by atoms with Crippen LogP contribution in [0.2, 0.25) is 5.02 Å². The van der Waals surface area contributed by atoms with Gasteiger partial charge >= 0.3 is 5.97 Å². The molecule has 1 aromatic carbocycles. The fourth-order valence-electron chi connectivity index (χ4n) is 1.65. The van der Waals surface area contributed by atoms with Crippen LogP contribution in [0.4, 0.5) is 4.39 Å². The molecule has 0 aliphatic carbocycles. The van der Waals surface area contributed by atoms with Crippen LogP contribution in [-0.2, 0) is 4.79 Å². The number of aryl methyl sites for hydroxylation is 1. The Hall–Kier alpha value is -1.13. The third-order valence-electron chi connectivity index (χ3n) is 2.65. The van der Waals surface area contributed by atoms with Crippen LogP contribution in [0.25, 0.3) is 0 Å². The molecule has 0 aliphatic rings. The molecule has 2 N–H and O–H groups in total. The first kappa shape index (κ1) is 13.9. The fourth-order valence-corrected chi connectivity index (χ4v) is 2.00. The van der Waals surface area contributed by atoms with E-state index in [0.29, 0.717) is 22.6 Å². The Morgan fingerprint density at radius 1 is 1.59 bits per heavy atom. The van der Waals surface area contributed by atoms with Crippen molar-refractivity contribution in [1.82, 2.24) is 5.32 Å². The average molecular weight is 260 g/mol. The van der Waals surface area contributed by atoms with Crippen molar-refractivity contribution >= 4 is 17.6 Å². The molecule has 0 aromatic heterocycles. The van der Waals surface area contributed by atoms with E-state index in [-0.39, 0.29) is 18.3 Å². The van der Waals surface area contributed by atoms with Gasteiger partial charge in [0.05, 0.1) is 0 Å². The summed E-state index contributed by atoms with van der Waals surface area (Å²) in [7, 11) is 1.70. The molecule has 3 nitrogen and oxygen atoms in total. The Morgan fingerprint density at radius 2 is 2.24 bits per heavy atom. The standard InChI is InChI=1S/C12H15ClFNO2/c1-7-5-9(13)8(6-10(7)14)11(15-2)3-4-12(16)17/h5-6,11,15H,3-4H2,1-2H3,(H,16,17). The van der Waals surface area contributed by atoms with Gasteiger partial charge in [-0.15, -0.1) is 0 Å². The highest BCUT2D eigenvalue weighted by molar-refractivity contribution is 6.31. The first-order chi connectivity index (χ1) is 7.95. The largest absolute Gasteiger partial charge is 0.481 e. The van der Waals surface area contributed by atoms with Crippen molar-refractivity contribution in [3.63, 3.8) is 0 Å². The third-order valence-corrected chi connectivity index (χ3v) is 2.98. The van der Waals surface area contributed by atoms with Crippen molar-refractivity contribution in [2.75, 3.05) is 7.05 Å². The molecule has 0 saturated carbocycles. The van der Waals surface area contributed by atoms with E-state index in [1.807, 2.05) is 0 Å². The first-order valence-electron chi connectivity index (χ1n) is 5.30. The fraction of sp³-hybridized carbons (Fsp3) is 0.417. The van der Waals surface area contributed by atoms with E-state index in [0.717, 1.165) is 0 Å². The highest BCUT2D eigenvalue weighted by Crippen LogP contribution is 2.28. The SMILES string of the molecule is CNC(CCC(=O)O)c1cc(F)c(C)cc1Cl. The lowest BCUT2D eigenvalue weighted by atomic mass is 10.0. The number of benzene rings is 1. The maximum absolute atomic E-state index is 13.5. The van der Waals surface area contributed by atoms with E-state index < -0.39 is 5.97 Å². The first-order valence-corrected chi connectivity index (χ1v) is 5.68. The molecule has 94 valence electrons. The van der Waals surface area contributed by atoms with Crippen molar-refractivity contribution in [3.8, 4) is 0 Å². The van der Waals surface area contributed by atoms with Crippen LogP contribution in [0, 0.1) is 12.7 Å². The minimum Gasteiger partial charge on any atom is -0.481 e. The number of hydrogen-bond donors (Lipinski definition) is 2. The number of nitrogens with one attached hydrogen (secondary N) is 1. The third kappa shape index (κ3) is 3.68. The number of rotatable bonds is 5. The predicted molar refractivity (Wildman–Crippen MR) is 64.8 cm³/mol. The van der Waals surface area contributed by atoms with E-state index in [1.165, 1.54) is 6.07 Å². The highest BCUT2D eigenvalue weighted by Gasteiger charge is 2.16. The second kappa shape index (κ2) is 5.98. The molecule has 0 fully saturated rings. The zero-order valence-electron chi connectivity index (χ0n) is 9.76. The van der Waals surface area contributed by atoms with Crippen LogP contribution in [-0.4, -0.2) is 18.1 Å². The molecular formula is C12H15ClFNO2. The topological polar surface area (TPSA) is 49.3 Å². The molecule has 0 aliphatic heterocycles. The van der Waals surface area contributed by atoms with Crippen molar-refractivity contribution in [2.45, 2.75) is 25.8 Å². The Bertz CT molecular complexity index is 423. The van der Waals surface area contributed by atoms with Gasteiger partial charge < -0.3 is 10.4 Å². The smallest absolute Gasteiger partial charge is 0.303 e. The van der Waals surface area contributed by atoms with Gasteiger partial charge in [-0.3, -0.25) is 4.79 Å². The van der Waals surface area contributed by atoms with E-state index in [1.54, 1.807) is 20.0 Å². The monoisotopic (exact) mass is 259 g/mol. The van der Waals surface area contributed by atoms with Crippen molar-refractivity contribution in [2.24, 2.45) is 0 Å². The van der Waals surface area contributed by atoms with Gasteiger partial charge in [-0.1, -0.05) is 11.6 Å². The van der Waals surface area contributed by atoms with Crippen LogP contribution in [0.1, 0.15) is 30.0 Å². The Morgan fingerprint density at radius 3 is 2.76 bits per heavy atom. The van der Waals surface area contributed by atoms with Gasteiger partial charge in [0, 0.05) is 17.5 Å². The molecule has 5 heteroatoms.